The van der Waals surface area contributed by atoms with Crippen molar-refractivity contribution in [2.75, 3.05) is 0 Å². The molecule has 7 heteroatoms. The van der Waals surface area contributed by atoms with Gasteiger partial charge in [-0.2, -0.15) is 0 Å². The van der Waals surface area contributed by atoms with Gasteiger partial charge in [-0.1, -0.05) is 0 Å². The molecule has 0 atom stereocenters. The third-order valence-electron chi connectivity index (χ3n) is 6.07. The molecule has 0 saturated heterocycles. The lowest BCUT2D eigenvalue weighted by molar-refractivity contribution is 0.0741. The van der Waals surface area contributed by atoms with E-state index in [4.69, 9.17) is 9.97 Å². The van der Waals surface area contributed by atoms with E-state index in [1.54, 1.807) is 31.5 Å². The highest BCUT2D eigenvalue weighted by molar-refractivity contribution is 5.98. The molecule has 1 fully saturated rings. The minimum absolute atomic E-state index is 0.195. The number of aryl methyl sites for hydroxylation is 1. The van der Waals surface area contributed by atoms with Gasteiger partial charge in [0.1, 0.15) is 22.6 Å². The first kappa shape index (κ1) is 19.9. The SMILES string of the molecule is CC(=O)c1cc(F)c2c(c1)nc(-c1cc3ccc(C(C)(C)O)nc3n1CC1CC1)n2C. The number of nitrogens with zero attached hydrogens (tertiary/aromatic N) is 4. The number of hydrogen-bond donors (Lipinski definition) is 1. The van der Waals surface area contributed by atoms with Gasteiger partial charge in [-0.05, 0) is 69.9 Å². The molecule has 1 saturated carbocycles. The Hall–Kier alpha value is -3.06. The zero-order valence-corrected chi connectivity index (χ0v) is 18.1. The standard InChI is InChI=1S/C24H25FN4O2/c1-13(30)16-9-17(25)21-18(10-16)26-23(28(21)4)19-11-15-7-8-20(24(2,3)31)27-22(15)29(19)12-14-5-6-14/h7-11,14,31H,5-6,12H2,1-4H3. The second-order valence-electron chi connectivity index (χ2n) is 9.13. The van der Waals surface area contributed by atoms with Gasteiger partial charge in [0.25, 0.3) is 0 Å². The second-order valence-corrected chi connectivity index (χ2v) is 9.13. The first-order valence-electron chi connectivity index (χ1n) is 10.5. The first-order chi connectivity index (χ1) is 14.6. The normalized spacial score (nSPS) is 14.6. The van der Waals surface area contributed by atoms with Crippen molar-refractivity contribution in [2.45, 2.75) is 45.8 Å². The van der Waals surface area contributed by atoms with Crippen molar-refractivity contribution in [3.63, 3.8) is 0 Å². The van der Waals surface area contributed by atoms with E-state index in [-0.39, 0.29) is 5.78 Å². The molecule has 0 bridgehead atoms. The number of Topliss-reactive ketones (excluding diaryl/α,β-unsaturated/α-hetero) is 1. The van der Waals surface area contributed by atoms with E-state index in [0.717, 1.165) is 23.3 Å². The number of fused-ring (bicyclic) bond motifs is 2. The predicted octanol–water partition coefficient (Wildman–Crippen LogP) is 4.57. The molecule has 1 aliphatic rings. The Morgan fingerprint density at radius 3 is 2.61 bits per heavy atom. The van der Waals surface area contributed by atoms with Crippen LogP contribution in [0.15, 0.2) is 30.3 Å². The van der Waals surface area contributed by atoms with E-state index in [1.165, 1.54) is 25.8 Å². The molecular formula is C24H25FN4O2. The summed E-state index contributed by atoms with van der Waals surface area (Å²) in [4.78, 5) is 21.3. The van der Waals surface area contributed by atoms with Gasteiger partial charge in [0, 0.05) is 24.5 Å². The minimum Gasteiger partial charge on any atom is -0.384 e. The van der Waals surface area contributed by atoms with E-state index in [0.29, 0.717) is 34.0 Å². The van der Waals surface area contributed by atoms with E-state index in [9.17, 15) is 14.3 Å². The number of halogens is 1. The highest BCUT2D eigenvalue weighted by atomic mass is 19.1. The number of imidazole rings is 1. The third-order valence-corrected chi connectivity index (χ3v) is 6.07. The topological polar surface area (TPSA) is 72.9 Å². The van der Waals surface area contributed by atoms with Crippen LogP contribution in [0.3, 0.4) is 0 Å². The Balaban J connectivity index is 1.76. The molecule has 1 N–H and O–H groups in total. The molecule has 5 rings (SSSR count). The van der Waals surface area contributed by atoms with Crippen LogP contribution in [0.25, 0.3) is 33.6 Å². The van der Waals surface area contributed by atoms with Gasteiger partial charge in [-0.3, -0.25) is 4.79 Å². The summed E-state index contributed by atoms with van der Waals surface area (Å²) in [6.07, 6.45) is 2.34. The summed E-state index contributed by atoms with van der Waals surface area (Å²) < 4.78 is 18.7. The van der Waals surface area contributed by atoms with Crippen molar-refractivity contribution in [1.82, 2.24) is 19.1 Å². The van der Waals surface area contributed by atoms with Crippen LogP contribution in [-0.2, 0) is 19.2 Å². The van der Waals surface area contributed by atoms with E-state index in [2.05, 4.69) is 4.57 Å². The molecule has 4 aromatic rings. The van der Waals surface area contributed by atoms with Crippen molar-refractivity contribution < 1.29 is 14.3 Å². The molecule has 0 radical (unpaired) electrons. The fourth-order valence-electron chi connectivity index (χ4n) is 4.13. The largest absolute Gasteiger partial charge is 0.384 e. The molecule has 0 spiro atoms. The summed E-state index contributed by atoms with van der Waals surface area (Å²) in [7, 11) is 1.79. The maximum Gasteiger partial charge on any atom is 0.159 e. The second kappa shape index (κ2) is 6.72. The molecule has 31 heavy (non-hydrogen) atoms. The van der Waals surface area contributed by atoms with Gasteiger partial charge in [0.15, 0.2) is 11.6 Å². The summed E-state index contributed by atoms with van der Waals surface area (Å²) in [6.45, 7) is 5.66. The summed E-state index contributed by atoms with van der Waals surface area (Å²) in [6, 6.07) is 8.72. The van der Waals surface area contributed by atoms with Crippen molar-refractivity contribution in [3.8, 4) is 11.5 Å². The van der Waals surface area contributed by atoms with E-state index < -0.39 is 11.4 Å². The maximum absolute atomic E-state index is 14.8. The van der Waals surface area contributed by atoms with Crippen LogP contribution in [0.5, 0.6) is 0 Å². The molecule has 0 amide bonds. The van der Waals surface area contributed by atoms with Crippen LogP contribution < -0.4 is 0 Å². The van der Waals surface area contributed by atoms with Gasteiger partial charge < -0.3 is 14.2 Å². The molecule has 6 nitrogen and oxygen atoms in total. The van der Waals surface area contributed by atoms with Gasteiger partial charge in [0.2, 0.25) is 0 Å². The predicted molar refractivity (Wildman–Crippen MR) is 117 cm³/mol. The molecule has 3 aromatic heterocycles. The lowest BCUT2D eigenvalue weighted by Crippen LogP contribution is -2.18. The highest BCUT2D eigenvalue weighted by Crippen LogP contribution is 2.37. The average Bonchev–Trinajstić information content (AvgIpc) is 3.35. The van der Waals surface area contributed by atoms with Crippen molar-refractivity contribution in [2.24, 2.45) is 13.0 Å². The Morgan fingerprint density at radius 2 is 1.97 bits per heavy atom. The van der Waals surface area contributed by atoms with Crippen LogP contribution in [0.2, 0.25) is 0 Å². The summed E-state index contributed by atoms with van der Waals surface area (Å²) >= 11 is 0. The number of aromatic nitrogens is 4. The smallest absolute Gasteiger partial charge is 0.159 e. The lowest BCUT2D eigenvalue weighted by atomic mass is 10.0. The van der Waals surface area contributed by atoms with Gasteiger partial charge in [-0.25, -0.2) is 14.4 Å². The highest BCUT2D eigenvalue weighted by Gasteiger charge is 2.27. The number of benzene rings is 1. The van der Waals surface area contributed by atoms with Crippen LogP contribution in [0.1, 0.15) is 49.7 Å². The molecule has 3 heterocycles. The Kier molecular flexibility index (Phi) is 4.31. The van der Waals surface area contributed by atoms with Crippen LogP contribution in [0.4, 0.5) is 4.39 Å². The van der Waals surface area contributed by atoms with E-state index in [1.807, 2.05) is 18.2 Å². The zero-order chi connectivity index (χ0) is 22.1. The van der Waals surface area contributed by atoms with E-state index >= 15 is 0 Å². The fourth-order valence-corrected chi connectivity index (χ4v) is 4.13. The summed E-state index contributed by atoms with van der Waals surface area (Å²) in [5.41, 5.74) is 2.33. The summed E-state index contributed by atoms with van der Waals surface area (Å²) in [5, 5.41) is 11.4. The minimum atomic E-state index is -1.05. The number of carbonyl (C=O) groups is 1. The van der Waals surface area contributed by atoms with Gasteiger partial charge >= 0.3 is 0 Å². The number of aliphatic hydroxyl groups is 1. The molecule has 1 aromatic carbocycles. The quantitative estimate of drug-likeness (QED) is 0.480. The number of carbonyl (C=O) groups excluding carboxylic acids is 1. The number of rotatable bonds is 5. The Labute approximate surface area is 179 Å². The van der Waals surface area contributed by atoms with Crippen molar-refractivity contribution in [3.05, 3.63) is 47.4 Å². The molecule has 0 aliphatic heterocycles. The van der Waals surface area contributed by atoms with Gasteiger partial charge in [-0.15, -0.1) is 0 Å². The molecular weight excluding hydrogens is 395 g/mol. The van der Waals surface area contributed by atoms with Crippen LogP contribution in [0, 0.1) is 11.7 Å². The number of hydrogen-bond acceptors (Lipinski definition) is 4. The average molecular weight is 420 g/mol. The lowest BCUT2D eigenvalue weighted by Gasteiger charge is -2.17. The first-order valence-corrected chi connectivity index (χ1v) is 10.5. The van der Waals surface area contributed by atoms with Gasteiger partial charge in [0.05, 0.1) is 16.9 Å². The van der Waals surface area contributed by atoms with Crippen LogP contribution in [-0.4, -0.2) is 30.0 Å². The Bertz CT molecular complexity index is 1360. The van der Waals surface area contributed by atoms with Crippen molar-refractivity contribution >= 4 is 27.9 Å². The van der Waals surface area contributed by atoms with Crippen molar-refractivity contribution in [1.29, 1.82) is 0 Å². The molecule has 0 unspecified atom stereocenters. The zero-order valence-electron chi connectivity index (χ0n) is 18.1. The molecule has 1 aliphatic carbocycles. The van der Waals surface area contributed by atoms with Crippen LogP contribution >= 0.6 is 0 Å². The Morgan fingerprint density at radius 1 is 1.23 bits per heavy atom. The fraction of sp³-hybridized carbons (Fsp3) is 0.375. The summed E-state index contributed by atoms with van der Waals surface area (Å²) in [5.74, 6) is 0.547. The number of pyridine rings is 1. The molecule has 160 valence electrons. The number of ketones is 1. The third kappa shape index (κ3) is 3.33. The maximum atomic E-state index is 14.8. The monoisotopic (exact) mass is 420 g/mol.